The van der Waals surface area contributed by atoms with E-state index in [9.17, 15) is 22.0 Å². The van der Waals surface area contributed by atoms with Crippen LogP contribution >= 0.6 is 0 Å². The van der Waals surface area contributed by atoms with Crippen LogP contribution in [0.4, 0.5) is 20.2 Å². The minimum Gasteiger partial charge on any atom is -0.496 e. The zero-order valence-electron chi connectivity index (χ0n) is 24.4. The van der Waals surface area contributed by atoms with Crippen LogP contribution in [0.1, 0.15) is 10.4 Å². The summed E-state index contributed by atoms with van der Waals surface area (Å²) in [5.41, 5.74) is 8.54. The van der Waals surface area contributed by atoms with Gasteiger partial charge in [0.15, 0.2) is 11.4 Å². The lowest BCUT2D eigenvalue weighted by Crippen LogP contribution is -2.25. The third-order valence-corrected chi connectivity index (χ3v) is 8.66. The van der Waals surface area contributed by atoms with Crippen LogP contribution < -0.4 is 20.1 Å². The van der Waals surface area contributed by atoms with Crippen molar-refractivity contribution >= 4 is 49.4 Å². The van der Waals surface area contributed by atoms with Gasteiger partial charge >= 0.3 is 0 Å². The lowest BCUT2D eigenvalue weighted by Gasteiger charge is -2.21. The molecule has 13 heteroatoms. The molecule has 0 saturated heterocycles. The Morgan fingerprint density at radius 3 is 2.33 bits per heavy atom. The standard InChI is InChI=1S/C32H26F2N4O6S/c1-36-31(39)27-20-14-19(24(38(2)45(4,40)41)15-26(20)43-29(27)16-5-8-18(33)9-6-16)17-7-12-25(42-3)21(13-17)32-37-28-23(35)11-10-22(34)30(28)44-32/h5-15H,35H2,1-4H3,(H,36,39). The molecule has 4 aromatic carbocycles. The average molecular weight is 633 g/mol. The van der Waals surface area contributed by atoms with Gasteiger partial charge in [-0.1, -0.05) is 6.07 Å². The number of methoxy groups -OCH3 is 1. The largest absolute Gasteiger partial charge is 0.496 e. The number of carbonyl (C=O) groups excluding carboxylic acids is 1. The zero-order chi connectivity index (χ0) is 32.2. The summed E-state index contributed by atoms with van der Waals surface area (Å²) < 4.78 is 72.4. The molecular formula is C32H26F2N4O6S. The molecule has 0 fully saturated rings. The Morgan fingerprint density at radius 2 is 1.69 bits per heavy atom. The molecule has 1 amide bonds. The number of hydrogen-bond donors (Lipinski definition) is 2. The van der Waals surface area contributed by atoms with Crippen molar-refractivity contribution < 1.29 is 35.6 Å². The number of nitrogens with two attached hydrogens (primary N) is 1. The molecule has 6 aromatic rings. The highest BCUT2D eigenvalue weighted by Crippen LogP contribution is 2.43. The number of sulfonamides is 1. The number of nitrogens with one attached hydrogen (secondary N) is 1. The number of fused-ring (bicyclic) bond motifs is 2. The minimum atomic E-state index is -3.78. The molecular weight excluding hydrogens is 606 g/mol. The van der Waals surface area contributed by atoms with Crippen LogP contribution in [-0.2, 0) is 10.0 Å². The predicted octanol–water partition coefficient (Wildman–Crippen LogP) is 6.20. The highest BCUT2D eigenvalue weighted by atomic mass is 32.2. The summed E-state index contributed by atoms with van der Waals surface area (Å²) in [5, 5.41) is 2.99. The second-order valence-electron chi connectivity index (χ2n) is 10.2. The monoisotopic (exact) mass is 632 g/mol. The SMILES string of the molecule is CNC(=O)c1c(-c2ccc(F)cc2)oc2cc(N(C)S(C)(=O)=O)c(-c3ccc(OC)c(-c4nc5c(N)ccc(F)c5o4)c3)cc12. The first kappa shape index (κ1) is 29.6. The number of furan rings is 1. The number of halogens is 2. The number of nitrogen functional groups attached to an aromatic ring is 1. The van der Waals surface area contributed by atoms with E-state index >= 15 is 0 Å². The molecule has 0 unspecified atom stereocenters. The van der Waals surface area contributed by atoms with Crippen molar-refractivity contribution in [1.82, 2.24) is 10.3 Å². The molecule has 0 aliphatic heterocycles. The van der Waals surface area contributed by atoms with Gasteiger partial charge in [0.05, 0.1) is 35.9 Å². The van der Waals surface area contributed by atoms with Gasteiger partial charge in [0.25, 0.3) is 5.91 Å². The van der Waals surface area contributed by atoms with Crippen LogP contribution in [0.3, 0.4) is 0 Å². The molecule has 6 rings (SSSR count). The first-order chi connectivity index (χ1) is 21.4. The second-order valence-corrected chi connectivity index (χ2v) is 12.3. The van der Waals surface area contributed by atoms with Crippen molar-refractivity contribution in [1.29, 1.82) is 0 Å². The predicted molar refractivity (Wildman–Crippen MR) is 168 cm³/mol. The Hall–Kier alpha value is -5.43. The minimum absolute atomic E-state index is 0.0209. The lowest BCUT2D eigenvalue weighted by molar-refractivity contribution is 0.0964. The highest BCUT2D eigenvalue weighted by molar-refractivity contribution is 7.92. The quantitative estimate of drug-likeness (QED) is 0.198. The summed E-state index contributed by atoms with van der Waals surface area (Å²) >= 11 is 0. The van der Waals surface area contributed by atoms with Crippen molar-refractivity contribution in [3.63, 3.8) is 0 Å². The van der Waals surface area contributed by atoms with E-state index in [1.807, 2.05) is 0 Å². The smallest absolute Gasteiger partial charge is 0.255 e. The maximum Gasteiger partial charge on any atom is 0.255 e. The van der Waals surface area contributed by atoms with Gasteiger partial charge in [-0.2, -0.15) is 0 Å². The van der Waals surface area contributed by atoms with Gasteiger partial charge in [-0.3, -0.25) is 9.10 Å². The molecule has 10 nitrogen and oxygen atoms in total. The number of benzene rings is 4. The van der Waals surface area contributed by atoms with Gasteiger partial charge in [0.1, 0.15) is 28.4 Å². The normalized spacial score (nSPS) is 11.7. The summed E-state index contributed by atoms with van der Waals surface area (Å²) in [6, 6.07) is 16.2. The molecule has 0 atom stereocenters. The topological polar surface area (TPSA) is 141 Å². The molecule has 0 spiro atoms. The van der Waals surface area contributed by atoms with Crippen molar-refractivity contribution in [2.45, 2.75) is 0 Å². The van der Waals surface area contributed by atoms with Crippen LogP contribution in [0.25, 0.3) is 56.0 Å². The van der Waals surface area contributed by atoms with Crippen molar-refractivity contribution in [3.8, 4) is 39.7 Å². The number of aromatic nitrogens is 1. The Balaban J connectivity index is 1.64. The number of anilines is 2. The van der Waals surface area contributed by atoms with E-state index in [2.05, 4.69) is 10.3 Å². The van der Waals surface area contributed by atoms with Crippen molar-refractivity contribution in [2.75, 3.05) is 37.5 Å². The maximum atomic E-state index is 14.6. The molecule has 0 radical (unpaired) electrons. The number of carbonyl (C=O) groups is 1. The second kappa shape index (κ2) is 10.9. The van der Waals surface area contributed by atoms with E-state index in [1.165, 1.54) is 63.7 Å². The van der Waals surface area contributed by atoms with Crippen LogP contribution in [-0.4, -0.2) is 46.8 Å². The third kappa shape index (κ3) is 5.10. The Kier molecular flexibility index (Phi) is 7.20. The fraction of sp³-hybridized carbons (Fsp3) is 0.125. The number of oxazole rings is 1. The van der Waals surface area contributed by atoms with E-state index in [1.54, 1.807) is 24.3 Å². The van der Waals surface area contributed by atoms with Crippen molar-refractivity contribution in [2.24, 2.45) is 0 Å². The summed E-state index contributed by atoms with van der Waals surface area (Å²) in [6.07, 6.45) is 1.06. The van der Waals surface area contributed by atoms with E-state index in [0.717, 1.165) is 10.6 Å². The van der Waals surface area contributed by atoms with Crippen LogP contribution in [0.5, 0.6) is 5.75 Å². The molecule has 2 aromatic heterocycles. The number of rotatable bonds is 7. The highest BCUT2D eigenvalue weighted by Gasteiger charge is 2.27. The summed E-state index contributed by atoms with van der Waals surface area (Å²) in [7, 11) is 0.524. The van der Waals surface area contributed by atoms with Gasteiger partial charge < -0.3 is 24.6 Å². The fourth-order valence-corrected chi connectivity index (χ4v) is 5.62. The van der Waals surface area contributed by atoms with Gasteiger partial charge in [0.2, 0.25) is 15.9 Å². The van der Waals surface area contributed by atoms with Gasteiger partial charge in [-0.25, -0.2) is 22.2 Å². The first-order valence-corrected chi connectivity index (χ1v) is 15.3. The number of ether oxygens (including phenoxy) is 1. The van der Waals surface area contributed by atoms with Crippen molar-refractivity contribution in [3.05, 3.63) is 83.9 Å². The van der Waals surface area contributed by atoms with Crippen LogP contribution in [0, 0.1) is 11.6 Å². The number of amides is 1. The van der Waals surface area contributed by atoms with E-state index in [0.29, 0.717) is 33.4 Å². The van der Waals surface area contributed by atoms with Gasteiger partial charge in [-0.05, 0) is 60.2 Å². The van der Waals surface area contributed by atoms with Gasteiger partial charge in [0, 0.05) is 36.7 Å². The molecule has 0 saturated carbocycles. The molecule has 3 N–H and O–H groups in total. The van der Waals surface area contributed by atoms with E-state index in [4.69, 9.17) is 19.3 Å². The molecule has 0 aliphatic carbocycles. The van der Waals surface area contributed by atoms with Crippen LogP contribution in [0.2, 0.25) is 0 Å². The number of hydrogen-bond acceptors (Lipinski definition) is 8. The van der Waals surface area contributed by atoms with Crippen LogP contribution in [0.15, 0.2) is 75.6 Å². The van der Waals surface area contributed by atoms with E-state index in [-0.39, 0.29) is 45.3 Å². The molecule has 0 aliphatic rings. The number of nitrogens with zero attached hydrogens (tertiary/aromatic N) is 2. The molecule has 45 heavy (non-hydrogen) atoms. The average Bonchev–Trinajstić information content (AvgIpc) is 3.64. The van der Waals surface area contributed by atoms with Gasteiger partial charge in [-0.15, -0.1) is 0 Å². The third-order valence-electron chi connectivity index (χ3n) is 7.47. The Labute approximate surface area is 256 Å². The molecule has 2 heterocycles. The molecule has 230 valence electrons. The fourth-order valence-electron chi connectivity index (χ4n) is 5.11. The zero-order valence-corrected chi connectivity index (χ0v) is 25.3. The van der Waals surface area contributed by atoms with E-state index < -0.39 is 27.6 Å². The first-order valence-electron chi connectivity index (χ1n) is 13.5. The Bertz CT molecular complexity index is 2210. The summed E-state index contributed by atoms with van der Waals surface area (Å²) in [6.45, 7) is 0. The molecule has 0 bridgehead atoms. The summed E-state index contributed by atoms with van der Waals surface area (Å²) in [4.78, 5) is 17.6. The lowest BCUT2D eigenvalue weighted by atomic mass is 9.97. The Morgan fingerprint density at radius 1 is 0.978 bits per heavy atom. The maximum absolute atomic E-state index is 14.6. The summed E-state index contributed by atoms with van der Waals surface area (Å²) in [5.74, 6) is -1.03.